The van der Waals surface area contributed by atoms with Gasteiger partial charge in [0.25, 0.3) is 0 Å². The van der Waals surface area contributed by atoms with Crippen molar-refractivity contribution in [2.24, 2.45) is 0 Å². The Morgan fingerprint density at radius 3 is 2.38 bits per heavy atom. The lowest BCUT2D eigenvalue weighted by atomic mass is 9.98. The lowest BCUT2D eigenvalue weighted by Gasteiger charge is -2.35. The molecule has 1 aliphatic heterocycles. The van der Waals surface area contributed by atoms with E-state index in [9.17, 15) is 5.11 Å². The predicted octanol–water partition coefficient (Wildman–Crippen LogP) is 3.43. The van der Waals surface area contributed by atoms with Crippen molar-refractivity contribution in [3.63, 3.8) is 0 Å². The van der Waals surface area contributed by atoms with E-state index < -0.39 is 6.10 Å². The Morgan fingerprint density at radius 1 is 1.05 bits per heavy atom. The van der Waals surface area contributed by atoms with Gasteiger partial charge in [-0.05, 0) is 23.7 Å². The van der Waals surface area contributed by atoms with Crippen LogP contribution in [0, 0.1) is 0 Å². The number of rotatable bonds is 3. The molecule has 2 aromatic rings. The van der Waals surface area contributed by atoms with E-state index >= 15 is 0 Å². The van der Waals surface area contributed by atoms with Crippen molar-refractivity contribution in [3.8, 4) is 11.1 Å². The molecule has 1 heterocycles. The minimum Gasteiger partial charge on any atom is -0.387 e. The van der Waals surface area contributed by atoms with Crippen LogP contribution in [-0.2, 0) is 0 Å². The molecule has 1 N–H and O–H groups in total. The first kappa shape index (κ1) is 14.6. The van der Waals surface area contributed by atoms with Crippen molar-refractivity contribution in [1.29, 1.82) is 0 Å². The van der Waals surface area contributed by atoms with Gasteiger partial charge in [-0.2, -0.15) is 11.8 Å². The predicted molar refractivity (Wildman–Crippen MR) is 90.6 cm³/mol. The zero-order chi connectivity index (χ0) is 14.7. The fraction of sp³-hybridized carbons (Fsp3) is 0.333. The van der Waals surface area contributed by atoms with E-state index in [1.54, 1.807) is 0 Å². The quantitative estimate of drug-likeness (QED) is 0.939. The van der Waals surface area contributed by atoms with Crippen LogP contribution in [0.2, 0.25) is 0 Å². The van der Waals surface area contributed by atoms with E-state index in [-0.39, 0.29) is 6.04 Å². The summed E-state index contributed by atoms with van der Waals surface area (Å²) in [5, 5.41) is 10.6. The first-order valence-electron chi connectivity index (χ1n) is 7.37. The SMILES string of the molecule is CN1CCSCC1C(O)c1ccc(-c2ccccc2)cc1. The van der Waals surface area contributed by atoms with Gasteiger partial charge in [-0.1, -0.05) is 54.6 Å². The topological polar surface area (TPSA) is 23.5 Å². The summed E-state index contributed by atoms with van der Waals surface area (Å²) in [6.07, 6.45) is -0.410. The second-order valence-electron chi connectivity index (χ2n) is 5.56. The molecular formula is C18H21NOS. The highest BCUT2D eigenvalue weighted by molar-refractivity contribution is 7.99. The van der Waals surface area contributed by atoms with E-state index in [1.165, 1.54) is 11.1 Å². The molecule has 2 unspecified atom stereocenters. The van der Waals surface area contributed by atoms with Crippen molar-refractivity contribution in [2.45, 2.75) is 12.1 Å². The van der Waals surface area contributed by atoms with Gasteiger partial charge in [-0.25, -0.2) is 0 Å². The van der Waals surface area contributed by atoms with Gasteiger partial charge >= 0.3 is 0 Å². The molecule has 2 nitrogen and oxygen atoms in total. The summed E-state index contributed by atoms with van der Waals surface area (Å²) in [6, 6.07) is 18.9. The fourth-order valence-electron chi connectivity index (χ4n) is 2.76. The summed E-state index contributed by atoms with van der Waals surface area (Å²) in [5.74, 6) is 2.16. The lowest BCUT2D eigenvalue weighted by Crippen LogP contribution is -2.43. The van der Waals surface area contributed by atoms with Crippen molar-refractivity contribution in [1.82, 2.24) is 4.90 Å². The number of likely N-dealkylation sites (N-methyl/N-ethyl adjacent to an activating group) is 1. The molecule has 0 aliphatic carbocycles. The Kier molecular flexibility index (Phi) is 4.63. The number of benzene rings is 2. The molecule has 110 valence electrons. The van der Waals surface area contributed by atoms with Crippen LogP contribution < -0.4 is 0 Å². The normalized spacial score (nSPS) is 21.1. The molecule has 0 spiro atoms. The van der Waals surface area contributed by atoms with Crippen LogP contribution in [-0.4, -0.2) is 41.1 Å². The lowest BCUT2D eigenvalue weighted by molar-refractivity contribution is 0.0759. The second kappa shape index (κ2) is 6.65. The van der Waals surface area contributed by atoms with Gasteiger partial charge in [0, 0.05) is 24.1 Å². The van der Waals surface area contributed by atoms with Crippen molar-refractivity contribution in [2.75, 3.05) is 25.1 Å². The maximum atomic E-state index is 10.6. The minimum absolute atomic E-state index is 0.214. The molecule has 0 amide bonds. The van der Waals surface area contributed by atoms with Crippen LogP contribution in [0.25, 0.3) is 11.1 Å². The van der Waals surface area contributed by atoms with Gasteiger partial charge in [0.2, 0.25) is 0 Å². The highest BCUT2D eigenvalue weighted by Gasteiger charge is 2.27. The third-order valence-electron chi connectivity index (χ3n) is 4.17. The number of aliphatic hydroxyl groups excluding tert-OH is 1. The molecule has 0 aromatic heterocycles. The molecule has 0 saturated carbocycles. The van der Waals surface area contributed by atoms with Gasteiger partial charge in [-0.3, -0.25) is 4.90 Å². The summed E-state index contributed by atoms with van der Waals surface area (Å²) in [7, 11) is 2.10. The summed E-state index contributed by atoms with van der Waals surface area (Å²) in [6.45, 7) is 1.05. The van der Waals surface area contributed by atoms with Gasteiger partial charge < -0.3 is 5.11 Å². The van der Waals surface area contributed by atoms with Crippen molar-refractivity contribution in [3.05, 3.63) is 60.2 Å². The second-order valence-corrected chi connectivity index (χ2v) is 6.71. The van der Waals surface area contributed by atoms with E-state index in [2.05, 4.69) is 48.3 Å². The molecule has 3 rings (SSSR count). The maximum absolute atomic E-state index is 10.6. The Labute approximate surface area is 130 Å². The number of thioether (sulfide) groups is 1. The first-order valence-corrected chi connectivity index (χ1v) is 8.52. The van der Waals surface area contributed by atoms with Crippen LogP contribution in [0.1, 0.15) is 11.7 Å². The van der Waals surface area contributed by atoms with Gasteiger partial charge in [0.1, 0.15) is 0 Å². The van der Waals surface area contributed by atoms with E-state index in [0.717, 1.165) is 23.6 Å². The van der Waals surface area contributed by atoms with Crippen LogP contribution in [0.5, 0.6) is 0 Å². The van der Waals surface area contributed by atoms with Crippen LogP contribution in [0.15, 0.2) is 54.6 Å². The van der Waals surface area contributed by atoms with Crippen LogP contribution in [0.3, 0.4) is 0 Å². The monoisotopic (exact) mass is 299 g/mol. The Bertz CT molecular complexity index is 570. The summed E-state index contributed by atoms with van der Waals surface area (Å²) < 4.78 is 0. The smallest absolute Gasteiger partial charge is 0.0953 e. The van der Waals surface area contributed by atoms with Gasteiger partial charge in [0.05, 0.1) is 6.10 Å². The Balaban J connectivity index is 1.77. The van der Waals surface area contributed by atoms with Crippen molar-refractivity contribution >= 4 is 11.8 Å². The average Bonchev–Trinajstić information content (AvgIpc) is 2.56. The van der Waals surface area contributed by atoms with Gasteiger partial charge in [0.15, 0.2) is 0 Å². The molecule has 0 radical (unpaired) electrons. The minimum atomic E-state index is -0.410. The van der Waals surface area contributed by atoms with E-state index in [1.807, 2.05) is 30.0 Å². The third-order valence-corrected chi connectivity index (χ3v) is 5.22. The Hall–Kier alpha value is -1.29. The number of nitrogens with zero attached hydrogens (tertiary/aromatic N) is 1. The average molecular weight is 299 g/mol. The number of aliphatic hydroxyl groups is 1. The number of hydrogen-bond acceptors (Lipinski definition) is 3. The van der Waals surface area contributed by atoms with E-state index in [4.69, 9.17) is 0 Å². The first-order chi connectivity index (χ1) is 10.3. The highest BCUT2D eigenvalue weighted by atomic mass is 32.2. The fourth-order valence-corrected chi connectivity index (χ4v) is 4.03. The molecule has 1 aliphatic rings. The van der Waals surface area contributed by atoms with Gasteiger partial charge in [-0.15, -0.1) is 0 Å². The largest absolute Gasteiger partial charge is 0.387 e. The highest BCUT2D eigenvalue weighted by Crippen LogP contribution is 2.28. The Morgan fingerprint density at radius 2 is 1.71 bits per heavy atom. The molecule has 3 heteroatoms. The summed E-state index contributed by atoms with van der Waals surface area (Å²) in [5.41, 5.74) is 3.41. The molecule has 21 heavy (non-hydrogen) atoms. The molecule has 2 atom stereocenters. The maximum Gasteiger partial charge on any atom is 0.0953 e. The summed E-state index contributed by atoms with van der Waals surface area (Å²) >= 11 is 1.93. The molecular weight excluding hydrogens is 278 g/mol. The molecule has 2 aromatic carbocycles. The molecule has 1 saturated heterocycles. The molecule has 0 bridgehead atoms. The number of hydrogen-bond donors (Lipinski definition) is 1. The van der Waals surface area contributed by atoms with E-state index in [0.29, 0.717) is 0 Å². The molecule has 1 fully saturated rings. The zero-order valence-corrected chi connectivity index (χ0v) is 13.1. The standard InChI is InChI=1S/C18H21NOS/c1-19-11-12-21-13-17(19)18(20)16-9-7-15(8-10-16)14-5-3-2-4-6-14/h2-10,17-18,20H,11-13H2,1H3. The zero-order valence-electron chi connectivity index (χ0n) is 12.3. The van der Waals surface area contributed by atoms with Crippen molar-refractivity contribution < 1.29 is 5.11 Å². The summed E-state index contributed by atoms with van der Waals surface area (Å²) in [4.78, 5) is 2.27. The van der Waals surface area contributed by atoms with Crippen LogP contribution in [0.4, 0.5) is 0 Å². The van der Waals surface area contributed by atoms with Crippen LogP contribution >= 0.6 is 11.8 Å². The third kappa shape index (κ3) is 3.31.